The maximum atomic E-state index is 13.0. The molecule has 0 amide bonds. The molecule has 22 heavy (non-hydrogen) atoms. The summed E-state index contributed by atoms with van der Waals surface area (Å²) in [5.41, 5.74) is 2.78. The molecule has 0 atom stereocenters. The van der Waals surface area contributed by atoms with Crippen molar-refractivity contribution in [3.63, 3.8) is 0 Å². The predicted octanol–water partition coefficient (Wildman–Crippen LogP) is 3.55. The second kappa shape index (κ2) is 5.38. The van der Waals surface area contributed by atoms with E-state index < -0.39 is 9.84 Å². The molecule has 0 aliphatic carbocycles. The Morgan fingerprint density at radius 2 is 1.55 bits per heavy atom. The molecule has 3 aromatic rings. The van der Waals surface area contributed by atoms with Crippen molar-refractivity contribution in [2.24, 2.45) is 0 Å². The number of benzene rings is 2. The van der Waals surface area contributed by atoms with Crippen LogP contribution in [0.3, 0.4) is 0 Å². The molecule has 3 rings (SSSR count). The predicted molar refractivity (Wildman–Crippen MR) is 80.4 cm³/mol. The standard InChI is InChI=1S/C16H12FNO3S/c1-22(19,20)14-8-4-11(5-9-14)15-10-21-18-16(15)12-2-6-13(17)7-3-12/h2-10H,1H3. The Labute approximate surface area is 127 Å². The maximum absolute atomic E-state index is 13.0. The topological polar surface area (TPSA) is 60.2 Å². The Morgan fingerprint density at radius 3 is 2.14 bits per heavy atom. The third-order valence-corrected chi connectivity index (χ3v) is 4.41. The normalized spacial score (nSPS) is 11.5. The van der Waals surface area contributed by atoms with Gasteiger partial charge in [0, 0.05) is 17.4 Å². The minimum atomic E-state index is -3.24. The number of rotatable bonds is 3. The minimum Gasteiger partial charge on any atom is -0.363 e. The lowest BCUT2D eigenvalue weighted by Crippen LogP contribution is -1.96. The first-order valence-electron chi connectivity index (χ1n) is 6.46. The van der Waals surface area contributed by atoms with Crippen LogP contribution < -0.4 is 0 Å². The monoisotopic (exact) mass is 317 g/mol. The second-order valence-corrected chi connectivity index (χ2v) is 6.90. The van der Waals surface area contributed by atoms with Gasteiger partial charge in [-0.15, -0.1) is 0 Å². The Bertz CT molecular complexity index is 897. The van der Waals surface area contributed by atoms with E-state index in [0.717, 1.165) is 17.4 Å². The van der Waals surface area contributed by atoms with Crippen LogP contribution in [0.4, 0.5) is 4.39 Å². The molecule has 0 saturated heterocycles. The number of hydrogen-bond acceptors (Lipinski definition) is 4. The van der Waals surface area contributed by atoms with Gasteiger partial charge in [0.05, 0.1) is 4.90 Å². The number of sulfone groups is 1. The van der Waals surface area contributed by atoms with Crippen LogP contribution in [0.5, 0.6) is 0 Å². The molecule has 0 radical (unpaired) electrons. The van der Waals surface area contributed by atoms with Crippen molar-refractivity contribution in [3.05, 3.63) is 60.6 Å². The van der Waals surface area contributed by atoms with E-state index in [1.807, 2.05) is 0 Å². The quantitative estimate of drug-likeness (QED) is 0.741. The lowest BCUT2D eigenvalue weighted by molar-refractivity contribution is 0.422. The van der Waals surface area contributed by atoms with E-state index in [9.17, 15) is 12.8 Å². The first kappa shape index (κ1) is 14.5. The number of halogens is 1. The van der Waals surface area contributed by atoms with Gasteiger partial charge >= 0.3 is 0 Å². The molecular formula is C16H12FNO3S. The summed E-state index contributed by atoms with van der Waals surface area (Å²) in [5, 5.41) is 3.95. The fraction of sp³-hybridized carbons (Fsp3) is 0.0625. The summed E-state index contributed by atoms with van der Waals surface area (Å²) in [7, 11) is -3.24. The van der Waals surface area contributed by atoms with Crippen LogP contribution in [-0.4, -0.2) is 19.8 Å². The summed E-state index contributed by atoms with van der Waals surface area (Å²) in [6.07, 6.45) is 2.64. The van der Waals surface area contributed by atoms with Crippen LogP contribution in [0.1, 0.15) is 0 Å². The summed E-state index contributed by atoms with van der Waals surface area (Å²) in [5.74, 6) is -0.327. The minimum absolute atomic E-state index is 0.246. The van der Waals surface area contributed by atoms with Crippen molar-refractivity contribution in [2.45, 2.75) is 4.90 Å². The van der Waals surface area contributed by atoms with Gasteiger partial charge in [-0.25, -0.2) is 12.8 Å². The average molecular weight is 317 g/mol. The zero-order valence-corrected chi connectivity index (χ0v) is 12.5. The Kier molecular flexibility index (Phi) is 3.54. The Morgan fingerprint density at radius 1 is 0.955 bits per heavy atom. The SMILES string of the molecule is CS(=O)(=O)c1ccc(-c2conc2-c2ccc(F)cc2)cc1. The van der Waals surface area contributed by atoms with Gasteiger partial charge in [0.2, 0.25) is 0 Å². The summed E-state index contributed by atoms with van der Waals surface area (Å²) in [6.45, 7) is 0. The van der Waals surface area contributed by atoms with Crippen LogP contribution >= 0.6 is 0 Å². The van der Waals surface area contributed by atoms with Crippen molar-refractivity contribution in [2.75, 3.05) is 6.26 Å². The molecule has 0 N–H and O–H groups in total. The van der Waals surface area contributed by atoms with Crippen LogP contribution in [0.25, 0.3) is 22.4 Å². The largest absolute Gasteiger partial charge is 0.363 e. The van der Waals surface area contributed by atoms with Gasteiger partial charge in [0.15, 0.2) is 9.84 Å². The van der Waals surface area contributed by atoms with Crippen LogP contribution in [0.2, 0.25) is 0 Å². The van der Waals surface area contributed by atoms with E-state index in [1.165, 1.54) is 30.5 Å². The molecule has 0 bridgehead atoms. The van der Waals surface area contributed by atoms with E-state index in [4.69, 9.17) is 4.52 Å². The van der Waals surface area contributed by atoms with Crippen molar-refractivity contribution < 1.29 is 17.3 Å². The molecule has 112 valence electrons. The zero-order chi connectivity index (χ0) is 15.7. The maximum Gasteiger partial charge on any atom is 0.175 e. The lowest BCUT2D eigenvalue weighted by Gasteiger charge is -2.03. The molecule has 0 unspecified atom stereocenters. The van der Waals surface area contributed by atoms with Gasteiger partial charge in [-0.1, -0.05) is 17.3 Å². The van der Waals surface area contributed by atoms with Gasteiger partial charge in [0.25, 0.3) is 0 Å². The molecule has 1 heterocycles. The van der Waals surface area contributed by atoms with Crippen LogP contribution in [0.15, 0.2) is 64.2 Å². The van der Waals surface area contributed by atoms with E-state index in [1.54, 1.807) is 24.3 Å². The van der Waals surface area contributed by atoms with Gasteiger partial charge < -0.3 is 4.52 Å². The number of nitrogens with zero attached hydrogens (tertiary/aromatic N) is 1. The van der Waals surface area contributed by atoms with E-state index in [2.05, 4.69) is 5.16 Å². The average Bonchev–Trinajstić information content (AvgIpc) is 2.97. The first-order chi connectivity index (χ1) is 10.4. The van der Waals surface area contributed by atoms with E-state index >= 15 is 0 Å². The van der Waals surface area contributed by atoms with Gasteiger partial charge in [0.1, 0.15) is 17.8 Å². The molecule has 2 aromatic carbocycles. The third-order valence-electron chi connectivity index (χ3n) is 3.28. The highest BCUT2D eigenvalue weighted by atomic mass is 32.2. The number of hydrogen-bond donors (Lipinski definition) is 0. The summed E-state index contributed by atoms with van der Waals surface area (Å²) < 4.78 is 41.0. The van der Waals surface area contributed by atoms with Crippen molar-refractivity contribution in [3.8, 4) is 22.4 Å². The highest BCUT2D eigenvalue weighted by Crippen LogP contribution is 2.31. The molecule has 0 saturated carbocycles. The van der Waals surface area contributed by atoms with E-state index in [0.29, 0.717) is 11.3 Å². The molecule has 6 heteroatoms. The summed E-state index contributed by atoms with van der Waals surface area (Å²) in [4.78, 5) is 0.246. The van der Waals surface area contributed by atoms with E-state index in [-0.39, 0.29) is 10.7 Å². The fourth-order valence-corrected chi connectivity index (χ4v) is 2.77. The molecule has 0 aliphatic heterocycles. The van der Waals surface area contributed by atoms with Crippen molar-refractivity contribution in [1.29, 1.82) is 0 Å². The van der Waals surface area contributed by atoms with Gasteiger partial charge in [-0.3, -0.25) is 0 Å². The molecule has 0 aliphatic rings. The number of aromatic nitrogens is 1. The third kappa shape index (κ3) is 2.78. The fourth-order valence-electron chi connectivity index (χ4n) is 2.14. The first-order valence-corrected chi connectivity index (χ1v) is 8.35. The highest BCUT2D eigenvalue weighted by molar-refractivity contribution is 7.90. The van der Waals surface area contributed by atoms with Crippen molar-refractivity contribution >= 4 is 9.84 Å². The van der Waals surface area contributed by atoms with Crippen LogP contribution in [-0.2, 0) is 9.84 Å². The Hall–Kier alpha value is -2.47. The van der Waals surface area contributed by atoms with Gasteiger partial charge in [-0.2, -0.15) is 0 Å². The molecule has 4 nitrogen and oxygen atoms in total. The van der Waals surface area contributed by atoms with Crippen molar-refractivity contribution in [1.82, 2.24) is 5.16 Å². The van der Waals surface area contributed by atoms with Crippen LogP contribution in [0, 0.1) is 5.82 Å². The highest BCUT2D eigenvalue weighted by Gasteiger charge is 2.13. The Balaban J connectivity index is 2.03. The summed E-state index contributed by atoms with van der Waals surface area (Å²) in [6, 6.07) is 12.4. The summed E-state index contributed by atoms with van der Waals surface area (Å²) >= 11 is 0. The van der Waals surface area contributed by atoms with Gasteiger partial charge in [-0.05, 0) is 42.0 Å². The molecule has 0 fully saturated rings. The lowest BCUT2D eigenvalue weighted by atomic mass is 10.0. The smallest absolute Gasteiger partial charge is 0.175 e. The molecular weight excluding hydrogens is 305 g/mol. The zero-order valence-electron chi connectivity index (χ0n) is 11.7. The molecule has 1 aromatic heterocycles. The second-order valence-electron chi connectivity index (χ2n) is 4.88. The molecule has 0 spiro atoms.